The maximum atomic E-state index is 13.2. The Labute approximate surface area is 193 Å². The Balaban J connectivity index is 1.61. The normalized spacial score (nSPS) is 25.6. The first-order chi connectivity index (χ1) is 15.3. The van der Waals surface area contributed by atoms with Gasteiger partial charge in [0.2, 0.25) is 11.8 Å². The lowest BCUT2D eigenvalue weighted by Crippen LogP contribution is -2.71. The summed E-state index contributed by atoms with van der Waals surface area (Å²) in [6, 6.07) is -0.773. The van der Waals surface area contributed by atoms with Gasteiger partial charge in [0.15, 0.2) is 0 Å². The number of fused-ring (bicyclic) bond motifs is 1. The minimum Gasteiger partial charge on any atom is -0.477 e. The summed E-state index contributed by atoms with van der Waals surface area (Å²) in [5.41, 5.74) is 9.33. The molecule has 13 heteroatoms. The molecule has 4 aliphatic rings. The second kappa shape index (κ2) is 9.25. The summed E-state index contributed by atoms with van der Waals surface area (Å²) < 4.78 is 1.50. The number of carbonyl (C=O) groups excluding carboxylic acids is 3. The van der Waals surface area contributed by atoms with Gasteiger partial charge in [0.05, 0.1) is 6.54 Å². The number of nitrogens with zero attached hydrogens (tertiary/aromatic N) is 4. The molecule has 1 saturated heterocycles. The molecule has 0 radical (unpaired) electrons. The van der Waals surface area contributed by atoms with Gasteiger partial charge in [-0.25, -0.2) is 4.79 Å². The first kappa shape index (κ1) is 22.8. The van der Waals surface area contributed by atoms with Gasteiger partial charge in [0, 0.05) is 35.9 Å². The van der Waals surface area contributed by atoms with Crippen LogP contribution in [0.15, 0.2) is 28.0 Å². The molecule has 32 heavy (non-hydrogen) atoms. The number of hydrogen-bond donors (Lipinski definition) is 3. The minimum absolute atomic E-state index is 0.122. The predicted molar refractivity (Wildman–Crippen MR) is 120 cm³/mol. The lowest BCUT2D eigenvalue weighted by atomic mass is 9.97. The van der Waals surface area contributed by atoms with E-state index in [4.69, 9.17) is 5.73 Å². The van der Waals surface area contributed by atoms with E-state index in [1.54, 1.807) is 0 Å². The Morgan fingerprint density at radius 2 is 2.16 bits per heavy atom. The van der Waals surface area contributed by atoms with Crippen molar-refractivity contribution in [3.63, 3.8) is 0 Å². The summed E-state index contributed by atoms with van der Waals surface area (Å²) in [5, 5.41) is 9.87. The van der Waals surface area contributed by atoms with Crippen LogP contribution in [0.4, 0.5) is 0 Å². The van der Waals surface area contributed by atoms with E-state index in [0.717, 1.165) is 36.9 Å². The number of amides is 3. The van der Waals surface area contributed by atoms with E-state index in [1.807, 2.05) is 6.08 Å². The average molecular weight is 481 g/mol. The summed E-state index contributed by atoms with van der Waals surface area (Å²) in [6.07, 6.45) is 5.45. The number of aliphatic carboxylic acids is 1. The Kier molecular flexibility index (Phi) is 6.60. The molecule has 0 spiro atoms. The number of carboxylic acids is 1. The summed E-state index contributed by atoms with van der Waals surface area (Å²) in [6.45, 7) is 1.32. The van der Waals surface area contributed by atoms with Gasteiger partial charge >= 0.3 is 5.97 Å². The monoisotopic (exact) mass is 480 g/mol. The van der Waals surface area contributed by atoms with Crippen molar-refractivity contribution in [2.24, 2.45) is 10.7 Å². The van der Waals surface area contributed by atoms with Crippen LogP contribution in [0.3, 0.4) is 0 Å². The third kappa shape index (κ3) is 4.05. The number of rotatable bonds is 6. The molecule has 0 aromatic heterocycles. The smallest absolute Gasteiger partial charge is 0.353 e. The summed E-state index contributed by atoms with van der Waals surface area (Å²) in [7, 11) is 0. The van der Waals surface area contributed by atoms with Crippen molar-refractivity contribution in [3.05, 3.63) is 23.0 Å². The van der Waals surface area contributed by atoms with Crippen LogP contribution in [0.2, 0.25) is 0 Å². The van der Waals surface area contributed by atoms with Crippen molar-refractivity contribution in [2.75, 3.05) is 19.0 Å². The van der Waals surface area contributed by atoms with Crippen LogP contribution >= 0.6 is 23.7 Å². The van der Waals surface area contributed by atoms with E-state index in [2.05, 4.69) is 10.4 Å². The molecule has 3 amide bonds. The van der Waals surface area contributed by atoms with Crippen LogP contribution in [-0.2, 0) is 19.2 Å². The number of hydrazine groups is 1. The molecule has 0 aromatic carbocycles. The lowest BCUT2D eigenvalue weighted by Gasteiger charge is -2.53. The zero-order chi connectivity index (χ0) is 23.0. The van der Waals surface area contributed by atoms with Gasteiger partial charge in [0.1, 0.15) is 28.8 Å². The average Bonchev–Trinajstić information content (AvgIpc) is 3.23. The van der Waals surface area contributed by atoms with Crippen LogP contribution < -0.4 is 11.2 Å². The number of aliphatic imine (C=N–C) groups is 1. The number of nitrogens with one attached hydrogen (secondary N) is 1. The highest BCUT2D eigenvalue weighted by atomic mass is 32.2. The molecule has 3 aliphatic heterocycles. The van der Waals surface area contributed by atoms with Crippen LogP contribution in [0.5, 0.6) is 0 Å². The quantitative estimate of drug-likeness (QED) is 0.359. The van der Waals surface area contributed by atoms with E-state index in [1.165, 1.54) is 32.9 Å². The van der Waals surface area contributed by atoms with Crippen molar-refractivity contribution in [1.29, 1.82) is 0 Å². The van der Waals surface area contributed by atoms with Gasteiger partial charge in [-0.05, 0) is 25.7 Å². The molecule has 4 rings (SSSR count). The third-order valence-corrected chi connectivity index (χ3v) is 7.76. The summed E-state index contributed by atoms with van der Waals surface area (Å²) in [5.74, 6) is -1.96. The van der Waals surface area contributed by atoms with Gasteiger partial charge in [0.25, 0.3) is 5.91 Å². The first-order valence-electron chi connectivity index (χ1n) is 10.2. The maximum Gasteiger partial charge on any atom is 0.353 e. The van der Waals surface area contributed by atoms with E-state index in [9.17, 15) is 24.3 Å². The highest BCUT2D eigenvalue weighted by molar-refractivity contribution is 8.12. The van der Waals surface area contributed by atoms with E-state index < -0.39 is 23.3 Å². The molecule has 0 aromatic rings. The molecule has 11 nitrogen and oxygen atoms in total. The van der Waals surface area contributed by atoms with Crippen molar-refractivity contribution in [1.82, 2.24) is 19.6 Å². The zero-order valence-corrected chi connectivity index (χ0v) is 19.1. The number of carboxylic acid groups (broad SMARTS) is 1. The highest BCUT2D eigenvalue weighted by Gasteiger charge is 2.58. The van der Waals surface area contributed by atoms with Crippen LogP contribution in [-0.4, -0.2) is 78.4 Å². The Morgan fingerprint density at radius 3 is 2.78 bits per heavy atom. The number of nitrogens with two attached hydrogens (primary N) is 1. The molecule has 0 saturated carbocycles. The SMILES string of the molecule is CC(=O)NN1CN=C(C2=C(C(=O)O)N3C(=O)C(N(C(=O)CN)C4=CCCCC4)[C@@H]3SC2)S1. The first-order valence-corrected chi connectivity index (χ1v) is 12.1. The van der Waals surface area contributed by atoms with Crippen molar-refractivity contribution in [3.8, 4) is 0 Å². The predicted octanol–water partition coefficient (Wildman–Crippen LogP) is 0.225. The largest absolute Gasteiger partial charge is 0.477 e. The molecule has 1 aliphatic carbocycles. The Hall–Kier alpha value is -2.35. The fourth-order valence-corrected chi connectivity index (χ4v) is 6.55. The van der Waals surface area contributed by atoms with Gasteiger partial charge in [-0.3, -0.25) is 34.6 Å². The van der Waals surface area contributed by atoms with Gasteiger partial charge in [-0.15, -0.1) is 16.2 Å². The Bertz CT molecular complexity index is 964. The highest BCUT2D eigenvalue weighted by Crippen LogP contribution is 2.45. The lowest BCUT2D eigenvalue weighted by molar-refractivity contribution is -0.157. The van der Waals surface area contributed by atoms with Gasteiger partial charge in [-0.2, -0.15) is 0 Å². The molecular formula is C19H24N6O5S2. The number of allylic oxidation sites excluding steroid dienone is 2. The van der Waals surface area contributed by atoms with Crippen LogP contribution in [0.1, 0.15) is 32.6 Å². The van der Waals surface area contributed by atoms with E-state index in [-0.39, 0.29) is 30.7 Å². The fourth-order valence-electron chi connectivity index (χ4n) is 4.17. The van der Waals surface area contributed by atoms with Crippen molar-refractivity contribution >= 4 is 52.4 Å². The number of carbonyl (C=O) groups is 4. The zero-order valence-electron chi connectivity index (χ0n) is 17.4. The molecule has 1 fully saturated rings. The van der Waals surface area contributed by atoms with Crippen LogP contribution in [0.25, 0.3) is 0 Å². The number of hydrogen-bond acceptors (Lipinski definition) is 9. The van der Waals surface area contributed by atoms with Crippen molar-refractivity contribution < 1.29 is 24.3 Å². The van der Waals surface area contributed by atoms with E-state index >= 15 is 0 Å². The van der Waals surface area contributed by atoms with Crippen molar-refractivity contribution in [2.45, 2.75) is 44.0 Å². The second-order valence-corrected chi connectivity index (χ2v) is 9.75. The number of β-lactam (4-membered cyclic amide) rings is 1. The van der Waals surface area contributed by atoms with Gasteiger partial charge in [-0.1, -0.05) is 6.08 Å². The maximum absolute atomic E-state index is 13.2. The second-order valence-electron chi connectivity index (χ2n) is 7.64. The standard InChI is InChI=1S/C19H24N6O5S2/c1-10(26)22-23-9-21-16(32-23)12-8-31-18-15(17(28)25(18)14(12)19(29)30)24(13(27)7-20)11-5-3-2-4-6-11/h5,15,18H,2-4,6-9,20H2,1H3,(H,22,26)(H,29,30)/t15?,18-/m0/s1. The van der Waals surface area contributed by atoms with E-state index in [0.29, 0.717) is 22.8 Å². The van der Waals surface area contributed by atoms with Crippen LogP contribution in [0, 0.1) is 0 Å². The summed E-state index contributed by atoms with van der Waals surface area (Å²) in [4.78, 5) is 56.4. The van der Waals surface area contributed by atoms with Gasteiger partial charge < -0.3 is 10.8 Å². The third-order valence-electron chi connectivity index (χ3n) is 5.52. The molecule has 0 bridgehead atoms. The fraction of sp³-hybridized carbons (Fsp3) is 0.526. The molecule has 172 valence electrons. The topological polar surface area (TPSA) is 149 Å². The molecule has 3 heterocycles. The Morgan fingerprint density at radius 1 is 1.38 bits per heavy atom. The molecule has 2 atom stereocenters. The number of thioether (sulfide) groups is 1. The molecule has 4 N–H and O–H groups in total. The summed E-state index contributed by atoms with van der Waals surface area (Å²) >= 11 is 2.52. The molecular weight excluding hydrogens is 456 g/mol. The molecule has 1 unspecified atom stereocenters. The minimum atomic E-state index is -1.23.